The fraction of sp³-hybridized carbons (Fsp3) is 0. The van der Waals surface area contributed by atoms with Crippen molar-refractivity contribution in [3.05, 3.63) is 212 Å². The van der Waals surface area contributed by atoms with Crippen molar-refractivity contribution < 1.29 is 0 Å². The van der Waals surface area contributed by atoms with E-state index in [0.29, 0.717) is 17.5 Å². The highest BCUT2D eigenvalue weighted by atomic mass is 15.0. The molecule has 0 amide bonds. The van der Waals surface area contributed by atoms with Crippen molar-refractivity contribution in [1.29, 1.82) is 0 Å². The van der Waals surface area contributed by atoms with Crippen LogP contribution in [0.1, 0.15) is 0 Å². The fourth-order valence-corrected chi connectivity index (χ4v) is 7.11. The van der Waals surface area contributed by atoms with Gasteiger partial charge in [0.15, 0.2) is 17.5 Å². The summed E-state index contributed by atoms with van der Waals surface area (Å²) in [5, 5.41) is 0. The molecule has 9 rings (SSSR count). The van der Waals surface area contributed by atoms with E-state index in [9.17, 15) is 0 Å². The summed E-state index contributed by atoms with van der Waals surface area (Å²) in [6, 6.07) is 74.0. The third kappa shape index (κ3) is 6.63. The second-order valence-electron chi connectivity index (χ2n) is 13.2. The molecule has 9 aromatic rings. The molecule has 3 nitrogen and oxygen atoms in total. The van der Waals surface area contributed by atoms with Crippen molar-refractivity contribution in [2.45, 2.75) is 0 Å². The highest BCUT2D eigenvalue weighted by molar-refractivity contribution is 5.97. The van der Waals surface area contributed by atoms with Crippen molar-refractivity contribution in [2.24, 2.45) is 0 Å². The zero-order valence-electron chi connectivity index (χ0n) is 29.5. The van der Waals surface area contributed by atoms with E-state index in [1.165, 1.54) is 22.3 Å². The topological polar surface area (TPSA) is 38.7 Å². The van der Waals surface area contributed by atoms with Gasteiger partial charge in [0.05, 0.1) is 0 Å². The van der Waals surface area contributed by atoms with Crippen molar-refractivity contribution in [1.82, 2.24) is 15.0 Å². The molecule has 0 fully saturated rings. The highest BCUT2D eigenvalue weighted by Crippen LogP contribution is 2.43. The van der Waals surface area contributed by atoms with Gasteiger partial charge in [0, 0.05) is 22.3 Å². The Bertz CT molecular complexity index is 2550. The normalized spacial score (nSPS) is 11.0. The van der Waals surface area contributed by atoms with Gasteiger partial charge >= 0.3 is 0 Å². The molecule has 3 heteroatoms. The molecule has 0 atom stereocenters. The van der Waals surface area contributed by atoms with Gasteiger partial charge in [-0.3, -0.25) is 0 Å². The molecule has 0 saturated heterocycles. The lowest BCUT2D eigenvalue weighted by molar-refractivity contribution is 1.07. The van der Waals surface area contributed by atoms with E-state index in [4.69, 9.17) is 15.0 Å². The van der Waals surface area contributed by atoms with Gasteiger partial charge in [0.1, 0.15) is 0 Å². The molecule has 1 heterocycles. The van der Waals surface area contributed by atoms with Crippen molar-refractivity contribution in [2.75, 3.05) is 0 Å². The molecule has 0 saturated carbocycles. The van der Waals surface area contributed by atoms with Crippen LogP contribution in [-0.4, -0.2) is 15.0 Å². The van der Waals surface area contributed by atoms with Gasteiger partial charge in [0.2, 0.25) is 0 Å². The summed E-state index contributed by atoms with van der Waals surface area (Å²) in [7, 11) is 0. The molecule has 0 aliphatic heterocycles. The van der Waals surface area contributed by atoms with E-state index in [0.717, 1.165) is 50.1 Å². The first-order valence-corrected chi connectivity index (χ1v) is 18.2. The summed E-state index contributed by atoms with van der Waals surface area (Å²) >= 11 is 0. The summed E-state index contributed by atoms with van der Waals surface area (Å²) in [5.74, 6) is 1.86. The van der Waals surface area contributed by atoms with Crippen LogP contribution in [0.4, 0.5) is 0 Å². The van der Waals surface area contributed by atoms with Gasteiger partial charge in [-0.05, 0) is 50.1 Å². The number of hydrogen-bond acceptors (Lipinski definition) is 3. The van der Waals surface area contributed by atoms with Crippen LogP contribution < -0.4 is 0 Å². The molecule has 0 spiro atoms. The molecule has 54 heavy (non-hydrogen) atoms. The molecular weight excluding hydrogens is 655 g/mol. The number of benzene rings is 8. The molecule has 8 aromatic carbocycles. The maximum absolute atomic E-state index is 5.25. The maximum Gasteiger partial charge on any atom is 0.164 e. The lowest BCUT2D eigenvalue weighted by Crippen LogP contribution is -2.02. The number of rotatable bonds is 8. The van der Waals surface area contributed by atoms with Crippen LogP contribution in [0.15, 0.2) is 212 Å². The monoisotopic (exact) mass is 689 g/mol. The molecule has 254 valence electrons. The van der Waals surface area contributed by atoms with Gasteiger partial charge in [-0.2, -0.15) is 0 Å². The van der Waals surface area contributed by atoms with Crippen LogP contribution in [-0.2, 0) is 0 Å². The minimum absolute atomic E-state index is 0.618. The first-order valence-electron chi connectivity index (χ1n) is 18.2. The lowest BCUT2D eigenvalue weighted by Gasteiger charge is -2.18. The summed E-state index contributed by atoms with van der Waals surface area (Å²) in [6.45, 7) is 0. The smallest absolute Gasteiger partial charge is 0.164 e. The lowest BCUT2D eigenvalue weighted by atomic mass is 9.86. The van der Waals surface area contributed by atoms with E-state index in [1.54, 1.807) is 0 Å². The standard InChI is InChI=1S/C51H35N3/c1-5-16-36(17-6-1)38-28-32-42(33-29-38)49-52-50(43-34-30-39(31-35-43)37-18-7-2-8-19-37)54-51(53-49)47-27-15-26-46(48(47)41-22-11-4-12-23-41)45-25-14-13-24-44(45)40-20-9-3-10-21-40/h1-35H. The SMILES string of the molecule is c1ccc(-c2ccc(-c3nc(-c4ccc(-c5ccccc5)cc4)nc(-c4cccc(-c5ccccc5-c5ccccc5)c4-c4ccccc4)n3)cc2)cc1. The summed E-state index contributed by atoms with van der Waals surface area (Å²) in [5.41, 5.74) is 14.2. The number of aromatic nitrogens is 3. The van der Waals surface area contributed by atoms with Crippen LogP contribution in [0.25, 0.3) is 89.8 Å². The summed E-state index contributed by atoms with van der Waals surface area (Å²) in [4.78, 5) is 15.6. The zero-order chi connectivity index (χ0) is 36.1. The van der Waals surface area contributed by atoms with Crippen LogP contribution in [0.5, 0.6) is 0 Å². The van der Waals surface area contributed by atoms with Crippen LogP contribution >= 0.6 is 0 Å². The average Bonchev–Trinajstić information content (AvgIpc) is 3.27. The zero-order valence-corrected chi connectivity index (χ0v) is 29.5. The van der Waals surface area contributed by atoms with Gasteiger partial charge < -0.3 is 0 Å². The van der Waals surface area contributed by atoms with Crippen LogP contribution in [0.2, 0.25) is 0 Å². The Balaban J connectivity index is 1.24. The van der Waals surface area contributed by atoms with Crippen LogP contribution in [0.3, 0.4) is 0 Å². The third-order valence-electron chi connectivity index (χ3n) is 9.81. The fourth-order valence-electron chi connectivity index (χ4n) is 7.11. The molecule has 0 N–H and O–H groups in total. The van der Waals surface area contributed by atoms with Crippen molar-refractivity contribution >= 4 is 0 Å². The van der Waals surface area contributed by atoms with Crippen molar-refractivity contribution in [3.63, 3.8) is 0 Å². The number of hydrogen-bond donors (Lipinski definition) is 0. The second kappa shape index (κ2) is 14.8. The van der Waals surface area contributed by atoms with Crippen LogP contribution in [0, 0.1) is 0 Å². The van der Waals surface area contributed by atoms with Gasteiger partial charge in [-0.15, -0.1) is 0 Å². The predicted octanol–water partition coefficient (Wildman–Crippen LogP) is 13.2. The molecule has 0 aliphatic carbocycles. The van der Waals surface area contributed by atoms with E-state index < -0.39 is 0 Å². The first-order chi connectivity index (χ1) is 26.8. The summed E-state index contributed by atoms with van der Waals surface area (Å²) in [6.07, 6.45) is 0. The third-order valence-corrected chi connectivity index (χ3v) is 9.81. The summed E-state index contributed by atoms with van der Waals surface area (Å²) < 4.78 is 0. The quantitative estimate of drug-likeness (QED) is 0.159. The van der Waals surface area contributed by atoms with Gasteiger partial charge in [-0.25, -0.2) is 15.0 Å². The highest BCUT2D eigenvalue weighted by Gasteiger charge is 2.20. The Morgan fingerprint density at radius 1 is 0.185 bits per heavy atom. The largest absolute Gasteiger partial charge is 0.208 e. The van der Waals surface area contributed by atoms with Crippen molar-refractivity contribution in [3.8, 4) is 89.8 Å². The van der Waals surface area contributed by atoms with E-state index in [2.05, 4.69) is 200 Å². The van der Waals surface area contributed by atoms with Gasteiger partial charge in [0.25, 0.3) is 0 Å². The Morgan fingerprint density at radius 2 is 0.519 bits per heavy atom. The van der Waals surface area contributed by atoms with E-state index in [-0.39, 0.29) is 0 Å². The minimum atomic E-state index is 0.618. The maximum atomic E-state index is 5.25. The molecule has 0 radical (unpaired) electrons. The first kappa shape index (κ1) is 32.7. The molecule has 0 bridgehead atoms. The average molecular weight is 690 g/mol. The number of nitrogens with zero attached hydrogens (tertiary/aromatic N) is 3. The minimum Gasteiger partial charge on any atom is -0.208 e. The molecule has 0 unspecified atom stereocenters. The van der Waals surface area contributed by atoms with Gasteiger partial charge in [-0.1, -0.05) is 212 Å². The Hall–Kier alpha value is -7.23. The Morgan fingerprint density at radius 3 is 1.02 bits per heavy atom. The molecule has 1 aromatic heterocycles. The predicted molar refractivity (Wildman–Crippen MR) is 223 cm³/mol. The molecule has 0 aliphatic rings. The second-order valence-corrected chi connectivity index (χ2v) is 13.2. The Kier molecular flexibility index (Phi) is 8.94. The van der Waals surface area contributed by atoms with E-state index in [1.807, 2.05) is 12.1 Å². The molecular formula is C51H35N3. The van der Waals surface area contributed by atoms with E-state index >= 15 is 0 Å². The Labute approximate surface area is 316 Å².